The van der Waals surface area contributed by atoms with E-state index in [1.165, 1.54) is 5.32 Å². The first-order chi connectivity index (χ1) is 18.5. The molecule has 2 aliphatic heterocycles. The molecule has 2 aliphatic rings. The Bertz CT molecular complexity index is 1460. The topological polar surface area (TPSA) is 435 Å². The van der Waals surface area contributed by atoms with Gasteiger partial charge in [0.25, 0.3) is 23.3 Å². The molecule has 2 unspecified atom stereocenters. The summed E-state index contributed by atoms with van der Waals surface area (Å²) in [6.45, 7) is 0. The van der Waals surface area contributed by atoms with Crippen molar-refractivity contribution in [3.05, 3.63) is 5.69 Å². The number of aryl methyl sites for hydroxylation is 1. The fourth-order valence-electron chi connectivity index (χ4n) is 5.27. The summed E-state index contributed by atoms with van der Waals surface area (Å²) in [5, 5.41) is 200. The van der Waals surface area contributed by atoms with Crippen LogP contribution >= 0.6 is 0 Å². The number of carbonyl (C=O) groups excluding carboxylic acids is 1. The minimum absolute atomic E-state index is 0.551. The molecule has 1 aromatic carbocycles. The number of amides is 1. The molecule has 0 radical (unpaired) electrons. The molecule has 0 spiro atoms. The van der Waals surface area contributed by atoms with E-state index in [0.29, 0.717) is 4.68 Å². The fourth-order valence-corrected chi connectivity index (χ4v) is 5.27. The van der Waals surface area contributed by atoms with Crippen LogP contribution < -0.4 is 5.32 Å². The molecule has 2 bridgehead atoms. The van der Waals surface area contributed by atoms with Crippen molar-refractivity contribution in [2.45, 2.75) is 52.5 Å². The molecule has 0 aliphatic carbocycles. The molecular formula is C18H24N4O20. The first-order valence-electron chi connectivity index (χ1n) is 10.8. The van der Waals surface area contributed by atoms with Gasteiger partial charge in [0.15, 0.2) is 17.2 Å². The summed E-state index contributed by atoms with van der Waals surface area (Å²) >= 11 is 0. The Labute approximate surface area is 227 Å². The number of nitrogens with zero attached hydrogens (tertiary/aromatic N) is 3. The lowest BCUT2D eigenvalue weighted by Crippen LogP contribution is -3.07. The average Bonchev–Trinajstić information content (AvgIpc) is 3.18. The number of aromatic hydroxyl groups is 4. The van der Waals surface area contributed by atoms with Crippen LogP contribution in [-0.2, 0) is 7.05 Å². The highest BCUT2D eigenvalue weighted by Crippen LogP contribution is 2.62. The molecule has 0 saturated carbocycles. The Morgan fingerprint density at radius 3 is 1.52 bits per heavy atom. The third-order valence-corrected chi connectivity index (χ3v) is 7.39. The predicted molar refractivity (Wildman–Crippen MR) is 116 cm³/mol. The van der Waals surface area contributed by atoms with Crippen LogP contribution in [0.2, 0.25) is 0 Å². The molecule has 2 saturated heterocycles. The zero-order valence-corrected chi connectivity index (χ0v) is 20.3. The second kappa shape index (κ2) is 8.00. The van der Waals surface area contributed by atoms with Crippen molar-refractivity contribution in [3.8, 4) is 23.0 Å². The highest BCUT2D eigenvalue weighted by Gasteiger charge is 2.99. The average molecular weight is 616 g/mol. The number of nitrogens with one attached hydrogen (secondary N) is 1. The highest BCUT2D eigenvalue weighted by molar-refractivity contribution is 6.10. The van der Waals surface area contributed by atoms with Gasteiger partial charge in [0.2, 0.25) is 34.5 Å². The summed E-state index contributed by atoms with van der Waals surface area (Å²) in [5.74, 6) is -33.9. The van der Waals surface area contributed by atoms with Crippen LogP contribution in [0.15, 0.2) is 0 Å². The molecule has 1 aromatic heterocycles. The molecule has 24 heteroatoms. The number of hydrogen-bond acceptors (Lipinski definition) is 22. The van der Waals surface area contributed by atoms with E-state index in [1.54, 1.807) is 0 Å². The zero-order chi connectivity index (χ0) is 32.8. The maximum absolute atomic E-state index is 13.2. The van der Waals surface area contributed by atoms with E-state index in [-0.39, 0.29) is 0 Å². The molecule has 3 heterocycles. The maximum atomic E-state index is 13.2. The molecule has 236 valence electrons. The minimum Gasteiger partial charge on any atom is -0.504 e. The Balaban J connectivity index is 2.03. The van der Waals surface area contributed by atoms with Crippen LogP contribution in [0, 0.1) is 0 Å². The van der Waals surface area contributed by atoms with Crippen LogP contribution in [0.1, 0.15) is 10.5 Å². The van der Waals surface area contributed by atoms with Crippen LogP contribution in [0.5, 0.6) is 23.0 Å². The van der Waals surface area contributed by atoms with Gasteiger partial charge in [-0.3, -0.25) is 9.48 Å². The summed E-state index contributed by atoms with van der Waals surface area (Å²) in [6, 6.07) is -3.84. The zero-order valence-electron chi connectivity index (χ0n) is 20.3. The van der Waals surface area contributed by atoms with E-state index >= 15 is 0 Å². The van der Waals surface area contributed by atoms with Crippen LogP contribution in [0.3, 0.4) is 0 Å². The Morgan fingerprint density at radius 2 is 1.12 bits per heavy atom. The lowest BCUT2D eigenvalue weighted by Gasteiger charge is -2.73. The standard InChI is InChI=1S/C18H24N4O20/c1-21-4-2(5(23)7(25)8(26)6(4)24)3(20-21)9(27)19-10-11(28,29)13(32)15(34,35)17(38,39)16(36,37)14(33,12(10,30)31)22(13)18(40,41)42/h10,23-26,28-42H,1H3,(H,19,27). The summed E-state index contributed by atoms with van der Waals surface area (Å²) in [4.78, 5) is 11.4. The third-order valence-electron chi connectivity index (χ3n) is 7.39. The fraction of sp³-hybridized carbons (Fsp3) is 0.556. The number of phenols is 4. The minimum atomic E-state index is -5.43. The molecule has 1 amide bonds. The molecule has 24 nitrogen and oxygen atoms in total. The van der Waals surface area contributed by atoms with Gasteiger partial charge >= 0.3 is 6.10 Å². The molecule has 2 fully saturated rings. The second-order valence-corrected chi connectivity index (χ2v) is 9.75. The number of carbonyl (C=O) groups is 1. The first kappa shape index (κ1) is 31.7. The van der Waals surface area contributed by atoms with E-state index in [0.717, 1.165) is 7.05 Å². The quantitative estimate of drug-likeness (QED) is 0.0864. The first-order valence-corrected chi connectivity index (χ1v) is 10.8. The van der Waals surface area contributed by atoms with Crippen molar-refractivity contribution < 1.29 is 102 Å². The van der Waals surface area contributed by atoms with Gasteiger partial charge in [0, 0.05) is 7.05 Å². The van der Waals surface area contributed by atoms with Crippen molar-refractivity contribution in [2.75, 3.05) is 0 Å². The van der Waals surface area contributed by atoms with E-state index in [1.807, 2.05) is 0 Å². The second-order valence-electron chi connectivity index (χ2n) is 9.75. The number of hydrogen-bond donors (Lipinski definition) is 20. The van der Waals surface area contributed by atoms with Crippen LogP contribution in [0.4, 0.5) is 0 Å². The number of rotatable bonds is 3. The Hall–Kier alpha value is -3.28. The van der Waals surface area contributed by atoms with Gasteiger partial charge in [-0.05, 0) is 0 Å². The molecule has 4 rings (SSSR count). The molecule has 42 heavy (non-hydrogen) atoms. The number of piperidine rings is 2. The van der Waals surface area contributed by atoms with Crippen LogP contribution in [-0.4, -0.2) is 170 Å². The van der Waals surface area contributed by atoms with Gasteiger partial charge in [-0.1, -0.05) is 0 Å². The van der Waals surface area contributed by atoms with Gasteiger partial charge in [-0.15, -0.1) is 4.90 Å². The van der Waals surface area contributed by atoms with Crippen molar-refractivity contribution >= 4 is 16.8 Å². The number of fused-ring (bicyclic) bond motifs is 3. The summed E-state index contributed by atoms with van der Waals surface area (Å²) in [5.41, 5.74) is -12.6. The van der Waals surface area contributed by atoms with Crippen molar-refractivity contribution in [1.29, 1.82) is 0 Å². The largest absolute Gasteiger partial charge is 0.504 e. The summed E-state index contributed by atoms with van der Waals surface area (Å²) < 4.78 is 0.551. The van der Waals surface area contributed by atoms with Gasteiger partial charge in [0.1, 0.15) is 11.6 Å². The number of benzene rings is 1. The predicted octanol–water partition coefficient (Wildman–Crippen LogP) is -10.8. The van der Waals surface area contributed by atoms with E-state index in [4.69, 9.17) is 0 Å². The lowest BCUT2D eigenvalue weighted by molar-refractivity contribution is -0.671. The Kier molecular flexibility index (Phi) is 6.03. The highest BCUT2D eigenvalue weighted by atomic mass is 16.8. The molecular weight excluding hydrogens is 592 g/mol. The number of aliphatic hydroxyl groups is 15. The number of aromatic nitrogens is 2. The van der Waals surface area contributed by atoms with Crippen molar-refractivity contribution in [2.24, 2.45) is 7.05 Å². The monoisotopic (exact) mass is 616 g/mol. The molecule has 20 N–H and O–H groups in total. The van der Waals surface area contributed by atoms with E-state index in [9.17, 15) is 102 Å². The van der Waals surface area contributed by atoms with E-state index < -0.39 is 103 Å². The van der Waals surface area contributed by atoms with Crippen molar-refractivity contribution in [1.82, 2.24) is 20.0 Å². The van der Waals surface area contributed by atoms with Gasteiger partial charge in [-0.25, -0.2) is 0 Å². The third kappa shape index (κ3) is 3.01. The summed E-state index contributed by atoms with van der Waals surface area (Å²) in [7, 11) is 0.955. The number of phenolic OH excluding ortho intramolecular Hbond substituents is 4. The SMILES string of the molecule is Cn1nc(C(=O)NC2C(O)(O)C3(O)N(C(O)(O)O)C(O)(C2(O)O)C(O)(O)C(O)(O)C3(O)O)c2c(O)c(O)c(O)c(O)c21. The van der Waals surface area contributed by atoms with Gasteiger partial charge in [0.05, 0.1) is 5.39 Å². The molecule has 2 atom stereocenters. The maximum Gasteiger partial charge on any atom is 0.351 e. The lowest BCUT2D eigenvalue weighted by atomic mass is 9.61. The van der Waals surface area contributed by atoms with Gasteiger partial charge in [-0.2, -0.15) is 5.10 Å². The van der Waals surface area contributed by atoms with Crippen LogP contribution in [0.25, 0.3) is 10.9 Å². The van der Waals surface area contributed by atoms with Gasteiger partial charge < -0.3 is 102 Å². The normalized spacial score (nSPS) is 31.2. The van der Waals surface area contributed by atoms with Crippen molar-refractivity contribution in [3.63, 3.8) is 0 Å². The van der Waals surface area contributed by atoms with E-state index in [2.05, 4.69) is 5.10 Å². The smallest absolute Gasteiger partial charge is 0.351 e. The Morgan fingerprint density at radius 1 is 0.714 bits per heavy atom. The molecule has 2 aromatic rings. The summed E-state index contributed by atoms with van der Waals surface area (Å²) in [6.07, 6.45) is -5.21.